The molecule has 0 heterocycles. The molecule has 1 aromatic rings. The quantitative estimate of drug-likeness (QED) is 0.632. The molecule has 96 valence electrons. The van der Waals surface area contributed by atoms with Gasteiger partial charge in [0.25, 0.3) is 0 Å². The largest absolute Gasteiger partial charge is 0.320 e. The highest BCUT2D eigenvalue weighted by Gasteiger charge is 2.21. The van der Waals surface area contributed by atoms with E-state index in [1.807, 2.05) is 12.1 Å². The Morgan fingerprint density at radius 2 is 1.24 bits per heavy atom. The van der Waals surface area contributed by atoms with Crippen molar-refractivity contribution in [3.05, 3.63) is 29.3 Å². The lowest BCUT2D eigenvalue weighted by Gasteiger charge is -2.25. The summed E-state index contributed by atoms with van der Waals surface area (Å²) in [6.45, 7) is 13.0. The van der Waals surface area contributed by atoms with Gasteiger partial charge in [-0.15, -0.1) is 0 Å². The van der Waals surface area contributed by atoms with Crippen molar-refractivity contribution >= 4 is 0 Å². The number of nitrogens with two attached hydrogens (primary N) is 1. The SMILES string of the molecule is CC(C)(C)c1cc(OON)cc(C(C)(C)C)c1. The molecule has 0 aliphatic carbocycles. The monoisotopic (exact) mass is 237 g/mol. The Hall–Kier alpha value is -1.06. The molecule has 0 unspecified atom stereocenters. The van der Waals surface area contributed by atoms with Crippen LogP contribution in [0.4, 0.5) is 0 Å². The maximum Gasteiger partial charge on any atom is 0.168 e. The van der Waals surface area contributed by atoms with E-state index in [9.17, 15) is 0 Å². The summed E-state index contributed by atoms with van der Waals surface area (Å²) < 4.78 is 0. The standard InChI is InChI=1S/C14H23NO2/c1-13(2,3)10-7-11(14(4,5)6)9-12(8-10)16-17-15/h7-9H,15H2,1-6H3. The lowest BCUT2D eigenvalue weighted by Crippen LogP contribution is -2.17. The van der Waals surface area contributed by atoms with Crippen LogP contribution in [0.25, 0.3) is 0 Å². The fraction of sp³-hybridized carbons (Fsp3) is 0.571. The smallest absolute Gasteiger partial charge is 0.168 e. The average molecular weight is 237 g/mol. The molecule has 2 N–H and O–H groups in total. The minimum atomic E-state index is 0.0635. The molecular formula is C14H23NO2. The molecule has 0 spiro atoms. The Balaban J connectivity index is 3.29. The van der Waals surface area contributed by atoms with Gasteiger partial charge >= 0.3 is 0 Å². The summed E-state index contributed by atoms with van der Waals surface area (Å²) in [5.41, 5.74) is 2.54. The summed E-state index contributed by atoms with van der Waals surface area (Å²) in [6.07, 6.45) is 0. The summed E-state index contributed by atoms with van der Waals surface area (Å²) in [5.74, 6) is 5.60. The lowest BCUT2D eigenvalue weighted by atomic mass is 9.80. The van der Waals surface area contributed by atoms with E-state index in [0.717, 1.165) is 0 Å². The van der Waals surface area contributed by atoms with E-state index < -0.39 is 0 Å². The fourth-order valence-corrected chi connectivity index (χ4v) is 1.57. The summed E-state index contributed by atoms with van der Waals surface area (Å²) in [6, 6.07) is 6.13. The first-order chi connectivity index (χ1) is 7.64. The lowest BCUT2D eigenvalue weighted by molar-refractivity contribution is -0.211. The molecule has 17 heavy (non-hydrogen) atoms. The van der Waals surface area contributed by atoms with Crippen molar-refractivity contribution in [3.8, 4) is 5.75 Å². The highest BCUT2D eigenvalue weighted by atomic mass is 17.3. The van der Waals surface area contributed by atoms with Crippen molar-refractivity contribution in [1.82, 2.24) is 0 Å². The van der Waals surface area contributed by atoms with E-state index >= 15 is 0 Å². The molecule has 0 bridgehead atoms. The van der Waals surface area contributed by atoms with Crippen LogP contribution in [0, 0.1) is 0 Å². The van der Waals surface area contributed by atoms with Gasteiger partial charge < -0.3 is 4.89 Å². The molecule has 3 nitrogen and oxygen atoms in total. The Kier molecular flexibility index (Phi) is 3.84. The predicted molar refractivity (Wildman–Crippen MR) is 69.7 cm³/mol. The highest BCUT2D eigenvalue weighted by molar-refractivity contribution is 5.40. The zero-order valence-electron chi connectivity index (χ0n) is 11.6. The van der Waals surface area contributed by atoms with E-state index in [1.54, 1.807) is 0 Å². The number of rotatable bonds is 2. The molecule has 0 saturated carbocycles. The third kappa shape index (κ3) is 3.72. The van der Waals surface area contributed by atoms with Gasteiger partial charge in [0.1, 0.15) is 0 Å². The summed E-state index contributed by atoms with van der Waals surface area (Å²) >= 11 is 0. The molecule has 3 heteroatoms. The van der Waals surface area contributed by atoms with Crippen LogP contribution in [0.5, 0.6) is 5.75 Å². The van der Waals surface area contributed by atoms with Gasteiger partial charge in [-0.05, 0) is 34.1 Å². The van der Waals surface area contributed by atoms with E-state index in [-0.39, 0.29) is 10.8 Å². The second-order valence-electron chi connectivity index (χ2n) is 6.43. The second kappa shape index (κ2) is 4.67. The summed E-state index contributed by atoms with van der Waals surface area (Å²) in [7, 11) is 0. The third-order valence-electron chi connectivity index (χ3n) is 2.78. The maximum atomic E-state index is 4.96. The van der Waals surface area contributed by atoms with Gasteiger partial charge in [-0.3, -0.25) is 0 Å². The number of hydrogen-bond donors (Lipinski definition) is 1. The molecule has 0 radical (unpaired) electrons. The summed E-state index contributed by atoms with van der Waals surface area (Å²) in [5, 5.41) is 0. The zero-order chi connectivity index (χ0) is 13.3. The molecular weight excluding hydrogens is 214 g/mol. The van der Waals surface area contributed by atoms with Crippen LogP contribution in [-0.4, -0.2) is 0 Å². The average Bonchev–Trinajstić information content (AvgIpc) is 2.15. The zero-order valence-corrected chi connectivity index (χ0v) is 11.6. The number of benzene rings is 1. The van der Waals surface area contributed by atoms with Gasteiger partial charge in [-0.2, -0.15) is 5.90 Å². The Labute approximate surface area is 104 Å². The molecule has 1 rings (SSSR count). The molecule has 0 atom stereocenters. The van der Waals surface area contributed by atoms with Crippen LogP contribution in [0.3, 0.4) is 0 Å². The van der Waals surface area contributed by atoms with Crippen molar-refractivity contribution in [2.45, 2.75) is 52.4 Å². The summed E-state index contributed by atoms with van der Waals surface area (Å²) in [4.78, 5) is 9.22. The van der Waals surface area contributed by atoms with Gasteiger partial charge in [0.15, 0.2) is 5.75 Å². The molecule has 1 aromatic carbocycles. The van der Waals surface area contributed by atoms with Crippen LogP contribution in [-0.2, 0) is 15.8 Å². The molecule has 0 amide bonds. The topological polar surface area (TPSA) is 44.5 Å². The first-order valence-electron chi connectivity index (χ1n) is 5.84. The van der Waals surface area contributed by atoms with Crippen LogP contribution in [0.15, 0.2) is 18.2 Å². The Morgan fingerprint density at radius 3 is 1.53 bits per heavy atom. The van der Waals surface area contributed by atoms with E-state index in [4.69, 9.17) is 10.8 Å². The first kappa shape index (κ1) is 14.0. The number of hydrogen-bond acceptors (Lipinski definition) is 3. The maximum absolute atomic E-state index is 4.96. The van der Waals surface area contributed by atoms with E-state index in [0.29, 0.717) is 5.75 Å². The minimum absolute atomic E-state index is 0.0635. The van der Waals surface area contributed by atoms with Crippen LogP contribution in [0.1, 0.15) is 52.7 Å². The van der Waals surface area contributed by atoms with Gasteiger partial charge in [0, 0.05) is 0 Å². The molecule has 0 aliphatic heterocycles. The van der Waals surface area contributed by atoms with Crippen molar-refractivity contribution in [1.29, 1.82) is 0 Å². The van der Waals surface area contributed by atoms with Gasteiger partial charge in [0.05, 0.1) is 0 Å². The van der Waals surface area contributed by atoms with Crippen LogP contribution in [0.2, 0.25) is 0 Å². The Bertz CT molecular complexity index is 354. The van der Waals surface area contributed by atoms with Gasteiger partial charge in [0.2, 0.25) is 0 Å². The van der Waals surface area contributed by atoms with Gasteiger partial charge in [-0.25, -0.2) is 0 Å². The highest BCUT2D eigenvalue weighted by Crippen LogP contribution is 2.32. The van der Waals surface area contributed by atoms with E-state index in [2.05, 4.69) is 52.6 Å². The van der Waals surface area contributed by atoms with Gasteiger partial charge in [-0.1, -0.05) is 52.6 Å². The Morgan fingerprint density at radius 1 is 0.824 bits per heavy atom. The predicted octanol–water partition coefficient (Wildman–Crippen LogP) is 3.47. The van der Waals surface area contributed by atoms with Crippen LogP contribution >= 0.6 is 0 Å². The van der Waals surface area contributed by atoms with Crippen molar-refractivity contribution in [3.63, 3.8) is 0 Å². The van der Waals surface area contributed by atoms with Crippen molar-refractivity contribution in [2.75, 3.05) is 0 Å². The van der Waals surface area contributed by atoms with Crippen molar-refractivity contribution in [2.24, 2.45) is 5.90 Å². The molecule has 0 aliphatic rings. The molecule has 0 fully saturated rings. The second-order valence-corrected chi connectivity index (χ2v) is 6.43. The van der Waals surface area contributed by atoms with Crippen LogP contribution < -0.4 is 10.8 Å². The normalized spacial score (nSPS) is 12.6. The first-order valence-corrected chi connectivity index (χ1v) is 5.84. The van der Waals surface area contributed by atoms with Crippen molar-refractivity contribution < 1.29 is 9.88 Å². The molecule has 0 aromatic heterocycles. The van der Waals surface area contributed by atoms with E-state index in [1.165, 1.54) is 11.1 Å². The third-order valence-corrected chi connectivity index (χ3v) is 2.78. The fourth-order valence-electron chi connectivity index (χ4n) is 1.57. The minimum Gasteiger partial charge on any atom is -0.320 e. The molecule has 0 saturated heterocycles.